The number of anilines is 1. The number of halogens is 1. The second kappa shape index (κ2) is 5.45. The summed E-state index contributed by atoms with van der Waals surface area (Å²) in [5.41, 5.74) is 1.64. The predicted molar refractivity (Wildman–Crippen MR) is 79.6 cm³/mol. The van der Waals surface area contributed by atoms with Crippen LogP contribution in [0.2, 0.25) is 0 Å². The van der Waals surface area contributed by atoms with Crippen molar-refractivity contribution in [3.05, 3.63) is 34.1 Å². The van der Waals surface area contributed by atoms with Crippen LogP contribution >= 0.6 is 15.9 Å². The fourth-order valence-electron chi connectivity index (χ4n) is 1.80. The van der Waals surface area contributed by atoms with Crippen molar-refractivity contribution in [1.29, 1.82) is 0 Å². The molecule has 8 heteroatoms. The molecule has 0 aliphatic rings. The molecule has 1 heterocycles. The SMILES string of the molecule is COc1cc(Br)cc(C)c1NS(=O)(=O)c1cn[nH]c1C. The lowest BCUT2D eigenvalue weighted by atomic mass is 10.2. The van der Waals surface area contributed by atoms with Gasteiger partial charge in [0.25, 0.3) is 10.0 Å². The zero-order valence-corrected chi connectivity index (χ0v) is 13.6. The fraction of sp³-hybridized carbons (Fsp3) is 0.250. The third-order valence-electron chi connectivity index (χ3n) is 2.79. The lowest BCUT2D eigenvalue weighted by molar-refractivity contribution is 0.416. The highest BCUT2D eigenvalue weighted by Gasteiger charge is 2.21. The van der Waals surface area contributed by atoms with Crippen LogP contribution in [0.5, 0.6) is 5.75 Å². The van der Waals surface area contributed by atoms with Gasteiger partial charge in [-0.15, -0.1) is 0 Å². The highest BCUT2D eigenvalue weighted by atomic mass is 79.9. The van der Waals surface area contributed by atoms with E-state index in [-0.39, 0.29) is 4.90 Å². The molecule has 2 N–H and O–H groups in total. The topological polar surface area (TPSA) is 84.1 Å². The zero-order chi connectivity index (χ0) is 14.9. The fourth-order valence-corrected chi connectivity index (χ4v) is 3.64. The predicted octanol–water partition coefficient (Wildman–Crippen LogP) is 2.60. The first-order chi connectivity index (χ1) is 9.35. The summed E-state index contributed by atoms with van der Waals surface area (Å²) in [5.74, 6) is 0.446. The Balaban J connectivity index is 2.48. The summed E-state index contributed by atoms with van der Waals surface area (Å²) in [4.78, 5) is 0.113. The van der Waals surface area contributed by atoms with Crippen LogP contribution in [0.15, 0.2) is 27.7 Å². The minimum absolute atomic E-state index is 0.113. The van der Waals surface area contributed by atoms with E-state index >= 15 is 0 Å². The van der Waals surface area contributed by atoms with Gasteiger partial charge in [0.1, 0.15) is 10.6 Å². The molecule has 0 saturated carbocycles. The van der Waals surface area contributed by atoms with E-state index < -0.39 is 10.0 Å². The van der Waals surface area contributed by atoms with Crippen LogP contribution in [-0.2, 0) is 10.0 Å². The first-order valence-corrected chi connectivity index (χ1v) is 7.99. The van der Waals surface area contributed by atoms with Crippen molar-refractivity contribution in [2.45, 2.75) is 18.7 Å². The molecule has 0 atom stereocenters. The maximum atomic E-state index is 12.4. The van der Waals surface area contributed by atoms with E-state index in [9.17, 15) is 8.42 Å². The number of benzene rings is 1. The number of ether oxygens (including phenoxy) is 1. The minimum Gasteiger partial charge on any atom is -0.495 e. The number of rotatable bonds is 4. The average molecular weight is 360 g/mol. The van der Waals surface area contributed by atoms with Gasteiger partial charge >= 0.3 is 0 Å². The Bertz CT molecular complexity index is 740. The van der Waals surface area contributed by atoms with Gasteiger partial charge in [-0.05, 0) is 31.5 Å². The molecule has 108 valence electrons. The highest BCUT2D eigenvalue weighted by Crippen LogP contribution is 2.33. The van der Waals surface area contributed by atoms with Crippen molar-refractivity contribution < 1.29 is 13.2 Å². The van der Waals surface area contributed by atoms with Crippen molar-refractivity contribution in [3.63, 3.8) is 0 Å². The summed E-state index contributed by atoms with van der Waals surface area (Å²) < 4.78 is 33.3. The number of H-pyrrole nitrogens is 1. The molecule has 2 aromatic rings. The molecular formula is C12H14BrN3O3S. The molecule has 0 bridgehead atoms. The molecule has 20 heavy (non-hydrogen) atoms. The summed E-state index contributed by atoms with van der Waals surface area (Å²) in [6, 6.07) is 3.51. The van der Waals surface area contributed by atoms with Crippen LogP contribution in [0.25, 0.3) is 0 Å². The number of nitrogens with zero attached hydrogens (tertiary/aromatic N) is 1. The molecule has 0 unspecified atom stereocenters. The molecule has 0 aliphatic heterocycles. The van der Waals surface area contributed by atoms with Gasteiger partial charge in [0.2, 0.25) is 0 Å². The number of aromatic nitrogens is 2. The molecule has 0 radical (unpaired) electrons. The van der Waals surface area contributed by atoms with Crippen molar-refractivity contribution in [2.75, 3.05) is 11.8 Å². The Labute approximate surface area is 125 Å². The maximum Gasteiger partial charge on any atom is 0.265 e. The third kappa shape index (κ3) is 2.80. The average Bonchev–Trinajstić information content (AvgIpc) is 2.79. The van der Waals surface area contributed by atoms with Crippen LogP contribution in [0.4, 0.5) is 5.69 Å². The summed E-state index contributed by atoms with van der Waals surface area (Å²) in [5, 5.41) is 6.33. The van der Waals surface area contributed by atoms with Gasteiger partial charge < -0.3 is 4.74 Å². The van der Waals surface area contributed by atoms with E-state index in [4.69, 9.17) is 4.74 Å². The van der Waals surface area contributed by atoms with Gasteiger partial charge in [-0.25, -0.2) is 8.42 Å². The van der Waals surface area contributed by atoms with Gasteiger partial charge in [0.05, 0.1) is 24.7 Å². The number of hydrogen-bond acceptors (Lipinski definition) is 4. The van der Waals surface area contributed by atoms with Crippen LogP contribution in [0.3, 0.4) is 0 Å². The van der Waals surface area contributed by atoms with Crippen molar-refractivity contribution in [2.24, 2.45) is 0 Å². The zero-order valence-electron chi connectivity index (χ0n) is 11.2. The summed E-state index contributed by atoms with van der Waals surface area (Å²) in [6.07, 6.45) is 1.28. The van der Waals surface area contributed by atoms with Crippen LogP contribution in [0.1, 0.15) is 11.3 Å². The van der Waals surface area contributed by atoms with E-state index in [1.54, 1.807) is 19.9 Å². The van der Waals surface area contributed by atoms with Gasteiger partial charge in [-0.1, -0.05) is 15.9 Å². The Kier molecular flexibility index (Phi) is 4.05. The van der Waals surface area contributed by atoms with Crippen molar-refractivity contribution in [1.82, 2.24) is 10.2 Å². The summed E-state index contributed by atoms with van der Waals surface area (Å²) in [7, 11) is -2.22. The Morgan fingerprint density at radius 1 is 1.35 bits per heavy atom. The molecule has 1 aromatic heterocycles. The summed E-state index contributed by atoms with van der Waals surface area (Å²) in [6.45, 7) is 3.45. The van der Waals surface area contributed by atoms with Crippen LogP contribution in [-0.4, -0.2) is 25.7 Å². The quantitative estimate of drug-likeness (QED) is 0.878. The minimum atomic E-state index is -3.71. The number of aromatic amines is 1. The first kappa shape index (κ1) is 14.9. The van der Waals surface area contributed by atoms with E-state index in [2.05, 4.69) is 30.8 Å². The van der Waals surface area contributed by atoms with Crippen LogP contribution in [0, 0.1) is 13.8 Å². The standard InChI is InChI=1S/C12H14BrN3O3S/c1-7-4-9(13)5-10(19-3)12(7)16-20(17,18)11-6-14-15-8(11)2/h4-6,16H,1-3H3,(H,14,15). The van der Waals surface area contributed by atoms with Gasteiger partial charge in [0, 0.05) is 4.47 Å². The van der Waals surface area contributed by atoms with Crippen molar-refractivity contribution >= 4 is 31.6 Å². The molecular weight excluding hydrogens is 346 g/mol. The molecule has 6 nitrogen and oxygen atoms in total. The number of methoxy groups -OCH3 is 1. The Morgan fingerprint density at radius 2 is 2.05 bits per heavy atom. The lowest BCUT2D eigenvalue weighted by Gasteiger charge is -2.14. The normalized spacial score (nSPS) is 11.4. The van der Waals surface area contributed by atoms with Gasteiger partial charge in [0.15, 0.2) is 0 Å². The Hall–Kier alpha value is -1.54. The molecule has 0 aliphatic carbocycles. The highest BCUT2D eigenvalue weighted by molar-refractivity contribution is 9.10. The first-order valence-electron chi connectivity index (χ1n) is 5.72. The molecule has 0 amide bonds. The summed E-state index contributed by atoms with van der Waals surface area (Å²) >= 11 is 3.35. The van der Waals surface area contributed by atoms with Gasteiger partial charge in [-0.2, -0.15) is 5.10 Å². The van der Waals surface area contributed by atoms with E-state index in [0.717, 1.165) is 10.0 Å². The lowest BCUT2D eigenvalue weighted by Crippen LogP contribution is -2.15. The second-order valence-electron chi connectivity index (χ2n) is 4.26. The Morgan fingerprint density at radius 3 is 2.60 bits per heavy atom. The smallest absolute Gasteiger partial charge is 0.265 e. The number of hydrogen-bond donors (Lipinski definition) is 2. The van der Waals surface area contributed by atoms with E-state index in [0.29, 0.717) is 17.1 Å². The molecule has 0 saturated heterocycles. The number of nitrogens with one attached hydrogen (secondary N) is 2. The molecule has 1 aromatic carbocycles. The number of aryl methyl sites for hydroxylation is 2. The van der Waals surface area contributed by atoms with Crippen molar-refractivity contribution in [3.8, 4) is 5.75 Å². The maximum absolute atomic E-state index is 12.4. The molecule has 0 fully saturated rings. The van der Waals surface area contributed by atoms with Crippen LogP contribution < -0.4 is 9.46 Å². The molecule has 0 spiro atoms. The second-order valence-corrected chi connectivity index (χ2v) is 6.83. The molecule has 2 rings (SSSR count). The largest absolute Gasteiger partial charge is 0.495 e. The monoisotopic (exact) mass is 359 g/mol. The van der Waals surface area contributed by atoms with E-state index in [1.807, 2.05) is 6.07 Å². The van der Waals surface area contributed by atoms with Gasteiger partial charge in [-0.3, -0.25) is 9.82 Å². The van der Waals surface area contributed by atoms with E-state index in [1.165, 1.54) is 13.3 Å². The third-order valence-corrected chi connectivity index (χ3v) is 4.71. The number of sulfonamides is 1.